The van der Waals surface area contributed by atoms with Crippen LogP contribution in [0.1, 0.15) is 5.56 Å². The quantitative estimate of drug-likeness (QED) is 0.477. The molecule has 1 rings (SSSR count). The smallest absolute Gasteiger partial charge is 0.311 e. The number of carbonyl (C=O) groups excluding carboxylic acids is 1. The summed E-state index contributed by atoms with van der Waals surface area (Å²) in [7, 11) is 1.12. The second-order valence-electron chi connectivity index (χ2n) is 2.94. The normalized spacial score (nSPS) is 9.88. The molecular formula is C9H8FNO5. The highest BCUT2D eigenvalue weighted by molar-refractivity contribution is 5.73. The Morgan fingerprint density at radius 3 is 2.75 bits per heavy atom. The van der Waals surface area contributed by atoms with Crippen molar-refractivity contribution in [3.63, 3.8) is 0 Å². The van der Waals surface area contributed by atoms with Gasteiger partial charge in [-0.1, -0.05) is 0 Å². The van der Waals surface area contributed by atoms with Crippen LogP contribution in [0.5, 0.6) is 5.75 Å². The van der Waals surface area contributed by atoms with Crippen molar-refractivity contribution in [1.29, 1.82) is 0 Å². The summed E-state index contributed by atoms with van der Waals surface area (Å²) in [4.78, 5) is 20.5. The van der Waals surface area contributed by atoms with E-state index < -0.39 is 34.6 Å². The second-order valence-corrected chi connectivity index (χ2v) is 2.94. The largest absolute Gasteiger partial charge is 0.502 e. The number of phenolic OH excluding ortho intramolecular Hbond substituents is 1. The van der Waals surface area contributed by atoms with Crippen LogP contribution in [0.15, 0.2) is 12.1 Å². The number of esters is 1. The highest BCUT2D eigenvalue weighted by Gasteiger charge is 2.19. The van der Waals surface area contributed by atoms with E-state index >= 15 is 0 Å². The number of phenols is 1. The molecule has 16 heavy (non-hydrogen) atoms. The number of rotatable bonds is 3. The summed E-state index contributed by atoms with van der Waals surface area (Å²) < 4.78 is 17.5. The first-order valence-electron chi connectivity index (χ1n) is 4.18. The highest BCUT2D eigenvalue weighted by atomic mass is 19.1. The minimum atomic E-state index is -0.895. The predicted molar refractivity (Wildman–Crippen MR) is 50.4 cm³/mol. The number of nitrogens with zero attached hydrogens (tertiary/aromatic N) is 1. The molecule has 1 N–H and O–H groups in total. The molecule has 6 nitrogen and oxygen atoms in total. The Hall–Kier alpha value is -2.18. The van der Waals surface area contributed by atoms with Crippen molar-refractivity contribution in [1.82, 2.24) is 0 Å². The molecular weight excluding hydrogens is 221 g/mol. The van der Waals surface area contributed by atoms with Crippen molar-refractivity contribution in [3.8, 4) is 5.75 Å². The van der Waals surface area contributed by atoms with Gasteiger partial charge in [-0.3, -0.25) is 14.9 Å². The number of benzene rings is 1. The topological polar surface area (TPSA) is 89.7 Å². The zero-order valence-electron chi connectivity index (χ0n) is 8.27. The van der Waals surface area contributed by atoms with Gasteiger partial charge in [0.2, 0.25) is 0 Å². The Balaban J connectivity index is 3.14. The summed E-state index contributed by atoms with van der Waals surface area (Å²) in [6.45, 7) is 0. The lowest BCUT2D eigenvalue weighted by atomic mass is 10.1. The molecule has 0 atom stereocenters. The molecule has 0 bridgehead atoms. The summed E-state index contributed by atoms with van der Waals surface area (Å²) in [6, 6.07) is 1.40. The zero-order chi connectivity index (χ0) is 12.3. The Labute approximate surface area is 89.4 Å². The van der Waals surface area contributed by atoms with E-state index in [9.17, 15) is 19.3 Å². The van der Waals surface area contributed by atoms with E-state index in [0.717, 1.165) is 13.2 Å². The number of nitro benzene ring substituents is 1. The maximum atomic E-state index is 13.2. The summed E-state index contributed by atoms with van der Waals surface area (Å²) in [6.07, 6.45) is -0.427. The van der Waals surface area contributed by atoms with Gasteiger partial charge in [0.25, 0.3) is 0 Å². The standard InChI is InChI=1S/C9H8FNO5/c1-16-9(13)3-5-2-7(11(14)15)8(12)4-6(5)10/h2,4,12H,3H2,1H3. The van der Waals surface area contributed by atoms with E-state index in [4.69, 9.17) is 5.11 Å². The van der Waals surface area contributed by atoms with Crippen molar-refractivity contribution in [2.45, 2.75) is 6.42 Å². The Morgan fingerprint density at radius 2 is 2.25 bits per heavy atom. The molecule has 0 saturated carbocycles. The van der Waals surface area contributed by atoms with E-state index in [1.807, 2.05) is 0 Å². The molecule has 0 heterocycles. The van der Waals surface area contributed by atoms with Crippen LogP contribution >= 0.6 is 0 Å². The number of methoxy groups -OCH3 is 1. The second kappa shape index (κ2) is 4.56. The van der Waals surface area contributed by atoms with Gasteiger partial charge in [0.1, 0.15) is 5.82 Å². The van der Waals surface area contributed by atoms with Crippen LogP contribution in [-0.4, -0.2) is 23.1 Å². The van der Waals surface area contributed by atoms with E-state index in [2.05, 4.69) is 4.74 Å². The lowest BCUT2D eigenvalue weighted by molar-refractivity contribution is -0.386. The number of halogens is 1. The van der Waals surface area contributed by atoms with Crippen LogP contribution in [-0.2, 0) is 16.0 Å². The van der Waals surface area contributed by atoms with Crippen molar-refractivity contribution < 1.29 is 24.0 Å². The molecule has 1 aromatic carbocycles. The fraction of sp³-hybridized carbons (Fsp3) is 0.222. The molecule has 7 heteroatoms. The molecule has 0 aliphatic carbocycles. The third-order valence-electron chi connectivity index (χ3n) is 1.90. The monoisotopic (exact) mass is 229 g/mol. The van der Waals surface area contributed by atoms with Gasteiger partial charge in [-0.25, -0.2) is 4.39 Å². The SMILES string of the molecule is COC(=O)Cc1cc([N+](=O)[O-])c(O)cc1F. The zero-order valence-corrected chi connectivity index (χ0v) is 8.27. The first-order chi connectivity index (χ1) is 7.45. The molecule has 0 fully saturated rings. The molecule has 0 aliphatic heterocycles. The number of aromatic hydroxyl groups is 1. The minimum absolute atomic E-state index is 0.198. The number of hydrogen-bond donors (Lipinski definition) is 1. The predicted octanol–water partition coefficient (Wildman–Crippen LogP) is 1.15. The first-order valence-corrected chi connectivity index (χ1v) is 4.18. The third-order valence-corrected chi connectivity index (χ3v) is 1.90. The number of hydrogen-bond acceptors (Lipinski definition) is 5. The van der Waals surface area contributed by atoms with Crippen LogP contribution in [0.3, 0.4) is 0 Å². The number of nitro groups is 1. The molecule has 0 saturated heterocycles. The Morgan fingerprint density at radius 1 is 1.62 bits per heavy atom. The van der Waals surface area contributed by atoms with Gasteiger partial charge < -0.3 is 9.84 Å². The first kappa shape index (κ1) is 11.9. The van der Waals surface area contributed by atoms with Crippen LogP contribution in [0.25, 0.3) is 0 Å². The summed E-state index contributed by atoms with van der Waals surface area (Å²) in [5.41, 5.74) is -0.850. The molecule has 0 unspecified atom stereocenters. The van der Waals surface area contributed by atoms with Gasteiger partial charge in [-0.15, -0.1) is 0 Å². The lowest BCUT2D eigenvalue weighted by Crippen LogP contribution is -2.06. The van der Waals surface area contributed by atoms with Crippen molar-refractivity contribution in [3.05, 3.63) is 33.6 Å². The average molecular weight is 229 g/mol. The minimum Gasteiger partial charge on any atom is -0.502 e. The fourth-order valence-electron chi connectivity index (χ4n) is 1.10. The van der Waals surface area contributed by atoms with Crippen LogP contribution in [0.2, 0.25) is 0 Å². The van der Waals surface area contributed by atoms with E-state index in [0.29, 0.717) is 6.07 Å². The van der Waals surface area contributed by atoms with E-state index in [1.165, 1.54) is 0 Å². The van der Waals surface area contributed by atoms with E-state index in [1.54, 1.807) is 0 Å². The number of carbonyl (C=O) groups is 1. The van der Waals surface area contributed by atoms with Crippen molar-refractivity contribution in [2.24, 2.45) is 0 Å². The highest BCUT2D eigenvalue weighted by Crippen LogP contribution is 2.28. The number of ether oxygens (including phenoxy) is 1. The van der Waals surface area contributed by atoms with Crippen molar-refractivity contribution in [2.75, 3.05) is 7.11 Å². The summed E-state index contributed by atoms with van der Waals surface area (Å²) in [5, 5.41) is 19.5. The van der Waals surface area contributed by atoms with Crippen LogP contribution in [0, 0.1) is 15.9 Å². The van der Waals surface area contributed by atoms with Gasteiger partial charge in [-0.05, 0) is 0 Å². The van der Waals surface area contributed by atoms with E-state index in [-0.39, 0.29) is 5.56 Å². The molecule has 0 spiro atoms. The average Bonchev–Trinajstić information content (AvgIpc) is 2.21. The third kappa shape index (κ3) is 2.44. The van der Waals surface area contributed by atoms with Gasteiger partial charge in [0, 0.05) is 17.7 Å². The summed E-state index contributed by atoms with van der Waals surface area (Å²) >= 11 is 0. The molecule has 0 aliphatic rings. The summed E-state index contributed by atoms with van der Waals surface area (Å²) in [5.74, 6) is -2.40. The van der Waals surface area contributed by atoms with Gasteiger partial charge in [0.05, 0.1) is 18.5 Å². The van der Waals surface area contributed by atoms with Crippen LogP contribution < -0.4 is 0 Å². The van der Waals surface area contributed by atoms with Gasteiger partial charge >= 0.3 is 11.7 Å². The molecule has 0 radical (unpaired) electrons. The van der Waals surface area contributed by atoms with Crippen molar-refractivity contribution >= 4 is 11.7 Å². The lowest BCUT2D eigenvalue weighted by Gasteiger charge is -2.03. The maximum absolute atomic E-state index is 13.2. The Bertz CT molecular complexity index is 446. The maximum Gasteiger partial charge on any atom is 0.311 e. The van der Waals surface area contributed by atoms with Gasteiger partial charge in [0.15, 0.2) is 5.75 Å². The molecule has 1 aromatic rings. The fourth-order valence-corrected chi connectivity index (χ4v) is 1.10. The molecule has 0 amide bonds. The Kier molecular flexibility index (Phi) is 3.39. The molecule has 86 valence electrons. The molecule has 0 aromatic heterocycles. The van der Waals surface area contributed by atoms with Gasteiger partial charge in [-0.2, -0.15) is 0 Å². The van der Waals surface area contributed by atoms with Crippen LogP contribution in [0.4, 0.5) is 10.1 Å².